The van der Waals surface area contributed by atoms with E-state index < -0.39 is 45.5 Å². The molecule has 226 valence electrons. The maximum Gasteiger partial charge on any atom is 0.253 e. The molecule has 4 atom stereocenters. The van der Waals surface area contributed by atoms with Crippen molar-refractivity contribution in [2.45, 2.75) is 61.6 Å². The van der Waals surface area contributed by atoms with Crippen molar-refractivity contribution in [3.05, 3.63) is 98.6 Å². The molecule has 2 amide bonds. The lowest BCUT2D eigenvalue weighted by Gasteiger charge is -2.49. The molecule has 0 spiro atoms. The van der Waals surface area contributed by atoms with E-state index in [1.807, 2.05) is 54.6 Å². The quantitative estimate of drug-likeness (QED) is 0.258. The third-order valence-corrected chi connectivity index (χ3v) is 11.6. The summed E-state index contributed by atoms with van der Waals surface area (Å²) in [6, 6.07) is 23.2. The molecule has 0 radical (unpaired) electrons. The monoisotopic (exact) mass is 733 g/mol. The summed E-state index contributed by atoms with van der Waals surface area (Å²) in [6.45, 7) is 0.103. The first-order valence-corrected chi connectivity index (χ1v) is 17.4. The summed E-state index contributed by atoms with van der Waals surface area (Å²) in [7, 11) is -3.66. The fourth-order valence-electron chi connectivity index (χ4n) is 6.00. The van der Waals surface area contributed by atoms with E-state index in [-0.39, 0.29) is 24.8 Å². The van der Waals surface area contributed by atoms with Gasteiger partial charge in [0.05, 0.1) is 36.0 Å². The molecule has 0 aromatic heterocycles. The number of hydrogen-bond acceptors (Lipinski definition) is 5. The highest BCUT2D eigenvalue weighted by Gasteiger charge is 2.52. The number of sulfonamides is 1. The predicted molar refractivity (Wildman–Crippen MR) is 174 cm³/mol. The molecule has 6 rings (SSSR count). The Kier molecular flexibility index (Phi) is 8.74. The summed E-state index contributed by atoms with van der Waals surface area (Å²) in [5.41, 5.74) is 7.84. The van der Waals surface area contributed by atoms with Gasteiger partial charge in [-0.25, -0.2) is 8.42 Å². The van der Waals surface area contributed by atoms with Crippen LogP contribution in [0.4, 0.5) is 5.69 Å². The van der Waals surface area contributed by atoms with Crippen LogP contribution in [0.5, 0.6) is 0 Å². The van der Waals surface area contributed by atoms with Crippen LogP contribution >= 0.6 is 34.2 Å². The van der Waals surface area contributed by atoms with Gasteiger partial charge in [-0.3, -0.25) is 13.9 Å². The molecule has 3 fully saturated rings. The van der Waals surface area contributed by atoms with E-state index in [2.05, 4.69) is 22.6 Å². The molecule has 0 bridgehead atoms. The van der Waals surface area contributed by atoms with Crippen LogP contribution < -0.4 is 10.0 Å². The number of rotatable bonds is 11. The SMILES string of the molecule is NC(=O)C[C@H]1O[C@H](c2cccc(I)c2)[C@@H](c2ccc(Cl)cc2)N([C@H](CN(c2ccccc2)S(=O)(=O)C2CC2)C2CC2)C1=O. The number of carbonyl (C=O) groups excluding carboxylic acids is 2. The lowest BCUT2D eigenvalue weighted by molar-refractivity contribution is -0.181. The number of halogens is 2. The summed E-state index contributed by atoms with van der Waals surface area (Å²) in [5.74, 6) is -0.924. The largest absolute Gasteiger partial charge is 0.370 e. The Balaban J connectivity index is 1.49. The Labute approximate surface area is 270 Å². The molecule has 1 saturated heterocycles. The van der Waals surface area contributed by atoms with Crippen LogP contribution in [0, 0.1) is 9.49 Å². The van der Waals surface area contributed by atoms with Crippen LogP contribution in [0.15, 0.2) is 78.9 Å². The number of primary amides is 1. The lowest BCUT2D eigenvalue weighted by atomic mass is 9.89. The molecular formula is C32H33ClIN3O5S. The van der Waals surface area contributed by atoms with Crippen molar-refractivity contribution < 1.29 is 22.7 Å². The van der Waals surface area contributed by atoms with Gasteiger partial charge in [0, 0.05) is 8.59 Å². The van der Waals surface area contributed by atoms with E-state index in [0.717, 1.165) is 27.5 Å². The van der Waals surface area contributed by atoms with Gasteiger partial charge in [0.15, 0.2) is 0 Å². The Hall–Kier alpha value is -2.67. The maximum atomic E-state index is 14.4. The minimum atomic E-state index is -3.66. The summed E-state index contributed by atoms with van der Waals surface area (Å²) in [4.78, 5) is 28.4. The second-order valence-corrected chi connectivity index (χ2v) is 15.3. The number of ether oxygens (including phenoxy) is 1. The van der Waals surface area contributed by atoms with Crippen LogP contribution in [-0.2, 0) is 24.3 Å². The summed E-state index contributed by atoms with van der Waals surface area (Å²) in [6.07, 6.45) is 0.966. The molecule has 8 nitrogen and oxygen atoms in total. The number of anilines is 1. The third-order valence-electron chi connectivity index (χ3n) is 8.38. The molecule has 43 heavy (non-hydrogen) atoms. The molecule has 1 heterocycles. The zero-order valence-corrected chi connectivity index (χ0v) is 27.1. The maximum absolute atomic E-state index is 14.4. The van der Waals surface area contributed by atoms with Gasteiger partial charge in [-0.2, -0.15) is 0 Å². The van der Waals surface area contributed by atoms with Crippen LogP contribution in [0.2, 0.25) is 5.02 Å². The van der Waals surface area contributed by atoms with Gasteiger partial charge in [0.2, 0.25) is 15.9 Å². The number of carbonyl (C=O) groups is 2. The van der Waals surface area contributed by atoms with Gasteiger partial charge in [0.25, 0.3) is 5.91 Å². The van der Waals surface area contributed by atoms with E-state index in [0.29, 0.717) is 23.6 Å². The van der Waals surface area contributed by atoms with Crippen molar-refractivity contribution in [2.75, 3.05) is 10.8 Å². The molecule has 2 N–H and O–H groups in total. The number of benzene rings is 3. The van der Waals surface area contributed by atoms with Crippen molar-refractivity contribution >= 4 is 61.7 Å². The Bertz CT molecular complexity index is 1600. The summed E-state index contributed by atoms with van der Waals surface area (Å²) >= 11 is 8.52. The highest BCUT2D eigenvalue weighted by atomic mass is 127. The fourth-order valence-corrected chi connectivity index (χ4v) is 8.56. The van der Waals surface area contributed by atoms with E-state index >= 15 is 0 Å². The van der Waals surface area contributed by atoms with Gasteiger partial charge >= 0.3 is 0 Å². The molecular weight excluding hydrogens is 701 g/mol. The molecule has 1 aliphatic heterocycles. The molecule has 2 saturated carbocycles. The molecule has 0 unspecified atom stereocenters. The van der Waals surface area contributed by atoms with Crippen LogP contribution in [0.1, 0.15) is 55.4 Å². The average Bonchev–Trinajstić information content (AvgIpc) is 3.89. The summed E-state index contributed by atoms with van der Waals surface area (Å²) < 4.78 is 36.7. The molecule has 3 aromatic carbocycles. The zero-order valence-electron chi connectivity index (χ0n) is 23.4. The Morgan fingerprint density at radius 3 is 2.30 bits per heavy atom. The van der Waals surface area contributed by atoms with Gasteiger partial charge in [0.1, 0.15) is 12.2 Å². The molecule has 3 aromatic rings. The third kappa shape index (κ3) is 6.57. The molecule has 2 aliphatic carbocycles. The van der Waals surface area contributed by atoms with Gasteiger partial charge < -0.3 is 15.4 Å². The Morgan fingerprint density at radius 1 is 1.00 bits per heavy atom. The molecule has 11 heteroatoms. The predicted octanol–water partition coefficient (Wildman–Crippen LogP) is 5.61. The smallest absolute Gasteiger partial charge is 0.253 e. The second-order valence-electron chi connectivity index (χ2n) is 11.5. The number of hydrogen-bond donors (Lipinski definition) is 1. The minimum Gasteiger partial charge on any atom is -0.370 e. The first kappa shape index (κ1) is 30.4. The minimum absolute atomic E-state index is 0.0863. The van der Waals surface area contributed by atoms with E-state index in [9.17, 15) is 18.0 Å². The number of morpholine rings is 1. The number of nitrogens with two attached hydrogens (primary N) is 1. The van der Waals surface area contributed by atoms with Crippen LogP contribution in [-0.4, -0.2) is 49.1 Å². The van der Waals surface area contributed by atoms with E-state index in [1.54, 1.807) is 29.2 Å². The first-order valence-electron chi connectivity index (χ1n) is 14.5. The zero-order chi connectivity index (χ0) is 30.3. The highest BCUT2D eigenvalue weighted by molar-refractivity contribution is 14.1. The van der Waals surface area contributed by atoms with Gasteiger partial charge in [-0.15, -0.1) is 0 Å². The molecule has 3 aliphatic rings. The fraction of sp³-hybridized carbons (Fsp3) is 0.375. The van der Waals surface area contributed by atoms with Crippen LogP contribution in [0.25, 0.3) is 0 Å². The lowest BCUT2D eigenvalue weighted by Crippen LogP contribution is -2.59. The van der Waals surface area contributed by atoms with Crippen molar-refractivity contribution in [1.29, 1.82) is 0 Å². The van der Waals surface area contributed by atoms with Crippen LogP contribution in [0.3, 0.4) is 0 Å². The van der Waals surface area contributed by atoms with E-state index in [4.69, 9.17) is 22.1 Å². The summed E-state index contributed by atoms with van der Waals surface area (Å²) in [5, 5.41) is 0.127. The first-order chi connectivity index (χ1) is 20.6. The van der Waals surface area contributed by atoms with Crippen molar-refractivity contribution in [3.8, 4) is 0 Å². The number of para-hydroxylation sites is 1. The Morgan fingerprint density at radius 2 is 1.70 bits per heavy atom. The van der Waals surface area contributed by atoms with Crippen molar-refractivity contribution in [3.63, 3.8) is 0 Å². The van der Waals surface area contributed by atoms with Gasteiger partial charge in [-0.05, 0) is 102 Å². The van der Waals surface area contributed by atoms with Crippen molar-refractivity contribution in [1.82, 2.24) is 4.90 Å². The van der Waals surface area contributed by atoms with Gasteiger partial charge in [-0.1, -0.05) is 54.1 Å². The second kappa shape index (κ2) is 12.4. The average molecular weight is 734 g/mol. The van der Waals surface area contributed by atoms with E-state index in [1.165, 1.54) is 4.31 Å². The topological polar surface area (TPSA) is 110 Å². The normalized spacial score (nSPS) is 23.2. The number of nitrogens with zero attached hydrogens (tertiary/aromatic N) is 2. The van der Waals surface area contributed by atoms with Crippen molar-refractivity contribution in [2.24, 2.45) is 11.7 Å². The number of amides is 2. The standard InChI is InChI=1S/C32H33ClIN3O5S/c33-23-13-11-21(12-14-23)30-31(22-5-4-6-24(34)17-22)42-28(18-29(35)38)32(39)37(30)27(20-9-10-20)19-36(25-7-2-1-3-8-25)43(40,41)26-15-16-26/h1-8,11-14,17,20,26-28,30-31H,9-10,15-16,18-19H2,(H2,35,38)/t27-,28-,30-,31-/m1/s1. The highest BCUT2D eigenvalue weighted by Crippen LogP contribution is 2.48.